The Balaban J connectivity index is -0.000000107. The van der Waals surface area contributed by atoms with Crippen LogP contribution in [0.15, 0.2) is 25.3 Å². The number of hydrogen-bond acceptors (Lipinski definition) is 2. The maximum atomic E-state index is 9.47. The first-order valence-electron chi connectivity index (χ1n) is 2.31. The normalized spacial score (nSPS) is 5.82. The van der Waals surface area contributed by atoms with Crippen molar-refractivity contribution in [1.82, 2.24) is 6.15 Å². The van der Waals surface area contributed by atoms with Gasteiger partial charge in [0.1, 0.15) is 0 Å². The predicted molar refractivity (Wildman–Crippen MR) is 40.3 cm³/mol. The maximum Gasteiger partial charge on any atom is 0.327 e. The van der Waals surface area contributed by atoms with Gasteiger partial charge in [-0.1, -0.05) is 13.2 Å². The van der Waals surface area contributed by atoms with Gasteiger partial charge in [0.15, 0.2) is 0 Å². The van der Waals surface area contributed by atoms with Gasteiger partial charge in [-0.3, -0.25) is 4.79 Å². The predicted octanol–water partition coefficient (Wildman–Crippen LogP) is -0.352. The van der Waals surface area contributed by atoms with E-state index in [4.69, 9.17) is 5.11 Å². The number of carbonyl (C=O) groups excluding carboxylic acids is 1. The lowest BCUT2D eigenvalue weighted by Crippen LogP contribution is -2.04. The second-order valence-corrected chi connectivity index (χ2v) is 1.15. The number of primary amides is 1. The molecule has 0 aromatic rings. The van der Waals surface area contributed by atoms with Crippen LogP contribution in [-0.2, 0) is 9.59 Å². The zero-order chi connectivity index (χ0) is 8.57. The second kappa shape index (κ2) is 11.2. The summed E-state index contributed by atoms with van der Waals surface area (Å²) >= 11 is 0. The van der Waals surface area contributed by atoms with Crippen LogP contribution in [-0.4, -0.2) is 17.0 Å². The molecule has 2 radical (unpaired) electrons. The van der Waals surface area contributed by atoms with Gasteiger partial charge in [0.2, 0.25) is 5.91 Å². The summed E-state index contributed by atoms with van der Waals surface area (Å²) in [6, 6.07) is 0. The summed E-state index contributed by atoms with van der Waals surface area (Å²) in [5.41, 5.74) is 4.53. The zero-order valence-electron chi connectivity index (χ0n) is 5.91. The third-order valence-corrected chi connectivity index (χ3v) is 0.376. The van der Waals surface area contributed by atoms with Crippen molar-refractivity contribution < 1.29 is 14.7 Å². The smallest absolute Gasteiger partial charge is 0.327 e. The van der Waals surface area contributed by atoms with Crippen molar-refractivity contribution in [2.24, 2.45) is 5.73 Å². The van der Waals surface area contributed by atoms with Crippen molar-refractivity contribution in [1.29, 1.82) is 0 Å². The van der Waals surface area contributed by atoms with Gasteiger partial charge < -0.3 is 10.8 Å². The molecule has 5 heteroatoms. The van der Waals surface area contributed by atoms with Gasteiger partial charge in [0, 0.05) is 6.08 Å². The minimum atomic E-state index is -0.981. The summed E-state index contributed by atoms with van der Waals surface area (Å²) in [6.45, 7) is 6.05. The molecule has 0 heterocycles. The van der Waals surface area contributed by atoms with Gasteiger partial charge in [-0.15, -0.1) is 0 Å². The Labute approximate surface area is 64.8 Å². The molecule has 0 atom stereocenters. The van der Waals surface area contributed by atoms with E-state index in [-0.39, 0.29) is 6.15 Å². The highest BCUT2D eigenvalue weighted by Gasteiger charge is 1.73. The highest BCUT2D eigenvalue weighted by atomic mass is 16.4. The molecule has 1 amide bonds. The monoisotopic (exact) mass is 158 g/mol. The zero-order valence-corrected chi connectivity index (χ0v) is 5.91. The summed E-state index contributed by atoms with van der Waals surface area (Å²) in [4.78, 5) is 18.7. The standard InChI is InChI=1S/C3H5NO.C3H4O2.HN/c2*1-2-3(4)5;/h2H,1H2,(H2,4,5);2H,1H2,(H,4,5);1H. The molecular formula is C6H10N2O3. The average molecular weight is 158 g/mol. The highest BCUT2D eigenvalue weighted by Crippen LogP contribution is 1.54. The number of carboxylic acid groups (broad SMARTS) is 1. The molecule has 4 N–H and O–H groups in total. The third kappa shape index (κ3) is 60.2. The summed E-state index contributed by atoms with van der Waals surface area (Å²) < 4.78 is 0. The van der Waals surface area contributed by atoms with Crippen molar-refractivity contribution in [3.05, 3.63) is 25.3 Å². The number of nitrogens with two attached hydrogens (primary N) is 1. The molecule has 0 saturated carbocycles. The minimum Gasteiger partial charge on any atom is -0.478 e. The lowest BCUT2D eigenvalue weighted by atomic mass is 10.6. The summed E-state index contributed by atoms with van der Waals surface area (Å²) in [7, 11) is 0. The molecule has 0 aliphatic heterocycles. The molecule has 0 aliphatic carbocycles. The first-order chi connectivity index (χ1) is 4.54. The quantitative estimate of drug-likeness (QED) is 0.535. The number of aliphatic carboxylic acids is 1. The van der Waals surface area contributed by atoms with Gasteiger partial charge in [-0.25, -0.2) is 4.79 Å². The van der Waals surface area contributed by atoms with Gasteiger partial charge in [-0.05, 0) is 6.08 Å². The average Bonchev–Trinajstić information content (AvgIpc) is 1.89. The van der Waals surface area contributed by atoms with Crippen molar-refractivity contribution >= 4 is 11.9 Å². The Hall–Kier alpha value is -1.62. The Bertz CT molecular complexity index is 136. The first-order valence-corrected chi connectivity index (χ1v) is 2.31. The van der Waals surface area contributed by atoms with Gasteiger partial charge >= 0.3 is 5.97 Å². The molecule has 0 aromatic carbocycles. The molecule has 62 valence electrons. The Morgan fingerprint density at radius 1 is 1.27 bits per heavy atom. The number of nitrogens with one attached hydrogen (secondary N) is 1. The molecule has 0 fully saturated rings. The van der Waals surface area contributed by atoms with Crippen LogP contribution in [0.5, 0.6) is 0 Å². The molecule has 0 unspecified atom stereocenters. The Morgan fingerprint density at radius 2 is 1.45 bits per heavy atom. The van der Waals surface area contributed by atoms with Crippen LogP contribution in [0.3, 0.4) is 0 Å². The summed E-state index contributed by atoms with van der Waals surface area (Å²) in [5.74, 6) is -1.46. The van der Waals surface area contributed by atoms with Crippen LogP contribution >= 0.6 is 0 Å². The van der Waals surface area contributed by atoms with E-state index in [1.165, 1.54) is 0 Å². The SMILES string of the molecule is C=CC(=O)O.C=CC(N)=O.[NH]. The van der Waals surface area contributed by atoms with E-state index in [9.17, 15) is 9.59 Å². The number of carboxylic acids is 1. The van der Waals surface area contributed by atoms with Gasteiger partial charge in [0.05, 0.1) is 0 Å². The lowest BCUT2D eigenvalue weighted by Gasteiger charge is -1.65. The fraction of sp³-hybridized carbons (Fsp3) is 0. The van der Waals surface area contributed by atoms with Crippen LogP contribution in [0.4, 0.5) is 0 Å². The van der Waals surface area contributed by atoms with Crippen molar-refractivity contribution in [3.63, 3.8) is 0 Å². The topological polar surface area (TPSA) is 112 Å². The molecule has 0 spiro atoms. The molecule has 5 nitrogen and oxygen atoms in total. The van der Waals surface area contributed by atoms with E-state index in [0.29, 0.717) is 0 Å². The summed E-state index contributed by atoms with van der Waals surface area (Å²) in [5, 5.41) is 7.60. The Morgan fingerprint density at radius 3 is 1.45 bits per heavy atom. The number of carbonyl (C=O) groups is 2. The van der Waals surface area contributed by atoms with Gasteiger partial charge in [-0.2, -0.15) is 6.15 Å². The largest absolute Gasteiger partial charge is 0.478 e. The first kappa shape index (κ1) is 16.2. The van der Waals surface area contributed by atoms with Crippen LogP contribution in [0, 0.1) is 0 Å². The van der Waals surface area contributed by atoms with Crippen molar-refractivity contribution in [3.8, 4) is 0 Å². The van der Waals surface area contributed by atoms with E-state index in [1.54, 1.807) is 0 Å². The molecule has 0 saturated heterocycles. The van der Waals surface area contributed by atoms with Crippen LogP contribution in [0.2, 0.25) is 0 Å². The van der Waals surface area contributed by atoms with E-state index in [1.807, 2.05) is 0 Å². The Kier molecular flexibility index (Phi) is 16.5. The van der Waals surface area contributed by atoms with Gasteiger partial charge in [0.25, 0.3) is 0 Å². The van der Waals surface area contributed by atoms with E-state index in [2.05, 4.69) is 18.9 Å². The maximum absolute atomic E-state index is 9.47. The number of amides is 1. The van der Waals surface area contributed by atoms with Crippen LogP contribution in [0.25, 0.3) is 0 Å². The molecule has 0 bridgehead atoms. The fourth-order valence-electron chi connectivity index (χ4n) is 0. The molecular weight excluding hydrogens is 148 g/mol. The molecule has 11 heavy (non-hydrogen) atoms. The number of rotatable bonds is 2. The van der Waals surface area contributed by atoms with Crippen LogP contribution < -0.4 is 11.9 Å². The fourth-order valence-corrected chi connectivity index (χ4v) is 0. The highest BCUT2D eigenvalue weighted by molar-refractivity contribution is 5.84. The lowest BCUT2D eigenvalue weighted by molar-refractivity contribution is -0.131. The molecule has 0 aromatic heterocycles. The third-order valence-electron chi connectivity index (χ3n) is 0.376. The summed E-state index contributed by atoms with van der Waals surface area (Å²) in [6.07, 6.45) is 1.89. The molecule has 0 rings (SSSR count). The number of hydrogen-bond donors (Lipinski definition) is 2. The van der Waals surface area contributed by atoms with Crippen LogP contribution in [0.1, 0.15) is 0 Å². The van der Waals surface area contributed by atoms with E-state index >= 15 is 0 Å². The minimum absolute atomic E-state index is 0. The second-order valence-electron chi connectivity index (χ2n) is 1.15. The molecule has 0 aliphatic rings. The van der Waals surface area contributed by atoms with Crippen molar-refractivity contribution in [2.75, 3.05) is 0 Å². The van der Waals surface area contributed by atoms with E-state index < -0.39 is 11.9 Å². The van der Waals surface area contributed by atoms with E-state index in [0.717, 1.165) is 12.2 Å². The van der Waals surface area contributed by atoms with Crippen molar-refractivity contribution in [2.45, 2.75) is 0 Å².